The number of aromatic nitrogens is 2. The summed E-state index contributed by atoms with van der Waals surface area (Å²) in [4.78, 5) is 29.9. The lowest BCUT2D eigenvalue weighted by atomic mass is 10.0. The minimum absolute atomic E-state index is 0.00601. The number of piperazine rings is 1. The van der Waals surface area contributed by atoms with Crippen molar-refractivity contribution in [1.82, 2.24) is 24.5 Å². The zero-order chi connectivity index (χ0) is 21.3. The molecule has 2 saturated heterocycles. The van der Waals surface area contributed by atoms with Gasteiger partial charge in [0.1, 0.15) is 24.7 Å². The number of benzene rings is 1. The van der Waals surface area contributed by atoms with Crippen LogP contribution in [0.1, 0.15) is 19.4 Å². The Bertz CT molecular complexity index is 933. The molecular weight excluding hydrogens is 389 g/mol. The summed E-state index contributed by atoms with van der Waals surface area (Å²) in [6.45, 7) is 6.95. The van der Waals surface area contributed by atoms with Crippen LogP contribution in [-0.4, -0.2) is 81.4 Å². The molecule has 1 aromatic heterocycles. The molecular formula is C21H26FN5O3. The lowest BCUT2D eigenvalue weighted by Crippen LogP contribution is -2.59. The predicted molar refractivity (Wildman–Crippen MR) is 107 cm³/mol. The van der Waals surface area contributed by atoms with Gasteiger partial charge in [-0.15, -0.1) is 0 Å². The molecule has 160 valence electrons. The van der Waals surface area contributed by atoms with Gasteiger partial charge in [-0.1, -0.05) is 12.1 Å². The monoisotopic (exact) mass is 415 g/mol. The van der Waals surface area contributed by atoms with E-state index in [0.717, 1.165) is 5.56 Å². The first kappa shape index (κ1) is 20.3. The van der Waals surface area contributed by atoms with Crippen molar-refractivity contribution in [2.24, 2.45) is 0 Å². The molecule has 8 nitrogen and oxygen atoms in total. The average Bonchev–Trinajstić information content (AvgIpc) is 3.35. The molecule has 0 radical (unpaired) electrons. The highest BCUT2D eigenvalue weighted by atomic mass is 19.1. The molecule has 2 amide bonds. The van der Waals surface area contributed by atoms with E-state index in [1.54, 1.807) is 29.1 Å². The normalized spacial score (nSPS) is 22.4. The van der Waals surface area contributed by atoms with Crippen LogP contribution in [0.5, 0.6) is 0 Å². The Kier molecular flexibility index (Phi) is 5.72. The number of rotatable bonds is 5. The minimum Gasteiger partial charge on any atom is -0.448 e. The van der Waals surface area contributed by atoms with E-state index in [9.17, 15) is 14.0 Å². The van der Waals surface area contributed by atoms with Crippen LogP contribution >= 0.6 is 0 Å². The van der Waals surface area contributed by atoms with Gasteiger partial charge in [0.05, 0.1) is 12.7 Å². The van der Waals surface area contributed by atoms with Crippen LogP contribution in [-0.2, 0) is 16.1 Å². The third kappa shape index (κ3) is 4.02. The van der Waals surface area contributed by atoms with Crippen molar-refractivity contribution >= 4 is 12.0 Å². The molecule has 2 aromatic rings. The Labute approximate surface area is 174 Å². The molecule has 30 heavy (non-hydrogen) atoms. The van der Waals surface area contributed by atoms with Gasteiger partial charge in [-0.25, -0.2) is 13.9 Å². The van der Waals surface area contributed by atoms with Crippen LogP contribution in [0.4, 0.5) is 9.18 Å². The van der Waals surface area contributed by atoms with Crippen LogP contribution in [0.2, 0.25) is 0 Å². The highest BCUT2D eigenvalue weighted by Gasteiger charge is 2.35. The number of ether oxygens (including phenoxy) is 1. The number of carbonyl (C=O) groups excluding carboxylic acids is 2. The standard InChI is InChI=1S/C21H26FN5O3/c1-15-16(2)26(20(28)14-25-9-10-30-21(25)29)8-7-24(15)12-17-11-23-27(13-17)19-6-4-3-5-18(19)22/h3-6,11,13,15-16H,7-10,12,14H2,1-2H3/t15-,16-/m1/s1. The average molecular weight is 415 g/mol. The maximum absolute atomic E-state index is 14.0. The summed E-state index contributed by atoms with van der Waals surface area (Å²) in [6.07, 6.45) is 3.17. The van der Waals surface area contributed by atoms with Crippen molar-refractivity contribution in [1.29, 1.82) is 0 Å². The van der Waals surface area contributed by atoms with E-state index >= 15 is 0 Å². The summed E-state index contributed by atoms with van der Waals surface area (Å²) in [7, 11) is 0. The number of carbonyl (C=O) groups is 2. The Morgan fingerprint density at radius 2 is 2.00 bits per heavy atom. The number of nitrogens with zero attached hydrogens (tertiary/aromatic N) is 5. The summed E-state index contributed by atoms with van der Waals surface area (Å²) >= 11 is 0. The fourth-order valence-corrected chi connectivity index (χ4v) is 4.05. The molecule has 3 heterocycles. The van der Waals surface area contributed by atoms with E-state index in [-0.39, 0.29) is 30.4 Å². The largest absolute Gasteiger partial charge is 0.448 e. The van der Waals surface area contributed by atoms with Crippen molar-refractivity contribution in [3.8, 4) is 5.69 Å². The van der Waals surface area contributed by atoms with Crippen LogP contribution in [0.25, 0.3) is 5.69 Å². The van der Waals surface area contributed by atoms with E-state index in [2.05, 4.69) is 16.9 Å². The van der Waals surface area contributed by atoms with Crippen LogP contribution in [0.3, 0.4) is 0 Å². The van der Waals surface area contributed by atoms with Crippen molar-refractivity contribution in [2.45, 2.75) is 32.5 Å². The second-order valence-electron chi connectivity index (χ2n) is 7.82. The first-order valence-corrected chi connectivity index (χ1v) is 10.2. The number of hydrogen-bond acceptors (Lipinski definition) is 5. The summed E-state index contributed by atoms with van der Waals surface area (Å²) in [5.74, 6) is -0.372. The maximum Gasteiger partial charge on any atom is 0.410 e. The van der Waals surface area contributed by atoms with Gasteiger partial charge in [0, 0.05) is 43.5 Å². The third-order valence-corrected chi connectivity index (χ3v) is 6.01. The highest BCUT2D eigenvalue weighted by molar-refractivity contribution is 5.83. The quantitative estimate of drug-likeness (QED) is 0.746. The van der Waals surface area contributed by atoms with Gasteiger partial charge in [-0.3, -0.25) is 14.6 Å². The predicted octanol–water partition coefficient (Wildman–Crippen LogP) is 1.88. The third-order valence-electron chi connectivity index (χ3n) is 6.01. The molecule has 0 unspecified atom stereocenters. The Hall–Kier alpha value is -2.94. The molecule has 2 aliphatic rings. The molecule has 2 fully saturated rings. The summed E-state index contributed by atoms with van der Waals surface area (Å²) < 4.78 is 20.5. The van der Waals surface area contributed by atoms with Crippen LogP contribution in [0.15, 0.2) is 36.7 Å². The summed E-state index contributed by atoms with van der Waals surface area (Å²) in [6, 6.07) is 6.67. The zero-order valence-corrected chi connectivity index (χ0v) is 17.2. The van der Waals surface area contributed by atoms with E-state index in [4.69, 9.17) is 4.74 Å². The van der Waals surface area contributed by atoms with E-state index in [1.807, 2.05) is 18.0 Å². The van der Waals surface area contributed by atoms with Gasteiger partial charge in [-0.2, -0.15) is 5.10 Å². The fourth-order valence-electron chi connectivity index (χ4n) is 4.05. The SMILES string of the molecule is C[C@@H]1[C@@H](C)N(C(=O)CN2CCOC2=O)CCN1Cc1cnn(-c2ccccc2F)c1. The number of amides is 2. The lowest BCUT2D eigenvalue weighted by molar-refractivity contribution is -0.138. The highest BCUT2D eigenvalue weighted by Crippen LogP contribution is 2.21. The molecule has 1 aromatic carbocycles. The number of hydrogen-bond donors (Lipinski definition) is 0. The molecule has 9 heteroatoms. The van der Waals surface area contributed by atoms with Crippen molar-refractivity contribution in [3.05, 3.63) is 48.0 Å². The first-order valence-electron chi connectivity index (χ1n) is 10.2. The minimum atomic E-state index is -0.422. The molecule has 0 aliphatic carbocycles. The molecule has 0 bridgehead atoms. The van der Waals surface area contributed by atoms with Gasteiger partial charge in [-0.05, 0) is 26.0 Å². The van der Waals surface area contributed by atoms with Crippen LogP contribution < -0.4 is 0 Å². The molecule has 2 atom stereocenters. The van der Waals surface area contributed by atoms with E-state index in [0.29, 0.717) is 38.5 Å². The summed E-state index contributed by atoms with van der Waals surface area (Å²) in [5, 5.41) is 4.30. The number of halogens is 1. The second kappa shape index (κ2) is 8.43. The van der Waals surface area contributed by atoms with Gasteiger partial charge in [0.25, 0.3) is 0 Å². The van der Waals surface area contributed by atoms with Crippen molar-refractivity contribution < 1.29 is 18.7 Å². The van der Waals surface area contributed by atoms with Gasteiger partial charge in [0.2, 0.25) is 5.91 Å². The zero-order valence-electron chi connectivity index (χ0n) is 17.2. The first-order chi connectivity index (χ1) is 14.4. The van der Waals surface area contributed by atoms with Gasteiger partial charge >= 0.3 is 6.09 Å². The molecule has 0 N–H and O–H groups in total. The van der Waals surface area contributed by atoms with Crippen molar-refractivity contribution in [3.63, 3.8) is 0 Å². The van der Waals surface area contributed by atoms with Gasteiger partial charge in [0.15, 0.2) is 0 Å². The molecule has 4 rings (SSSR count). The van der Waals surface area contributed by atoms with E-state index < -0.39 is 6.09 Å². The van der Waals surface area contributed by atoms with E-state index in [1.165, 1.54) is 11.0 Å². The molecule has 0 spiro atoms. The summed E-state index contributed by atoms with van der Waals surface area (Å²) in [5.41, 5.74) is 1.40. The Morgan fingerprint density at radius 3 is 2.73 bits per heavy atom. The lowest BCUT2D eigenvalue weighted by Gasteiger charge is -2.45. The Balaban J connectivity index is 1.38. The van der Waals surface area contributed by atoms with Crippen molar-refractivity contribution in [2.75, 3.05) is 32.8 Å². The maximum atomic E-state index is 14.0. The number of cyclic esters (lactones) is 1. The topological polar surface area (TPSA) is 70.9 Å². The number of para-hydroxylation sites is 1. The van der Waals surface area contributed by atoms with Crippen LogP contribution in [0, 0.1) is 5.82 Å². The smallest absolute Gasteiger partial charge is 0.410 e. The Morgan fingerprint density at radius 1 is 1.20 bits per heavy atom. The molecule has 0 saturated carbocycles. The van der Waals surface area contributed by atoms with Gasteiger partial charge < -0.3 is 9.64 Å². The fraction of sp³-hybridized carbons (Fsp3) is 0.476. The second-order valence-corrected chi connectivity index (χ2v) is 7.82. The molecule has 2 aliphatic heterocycles.